The first-order valence-electron chi connectivity index (χ1n) is 12.3. The van der Waals surface area contributed by atoms with Crippen LogP contribution in [0.1, 0.15) is 51.3 Å². The molecule has 2 heterocycles. The molecule has 1 aliphatic rings. The number of hydrogen-bond donors (Lipinski definition) is 1. The second kappa shape index (κ2) is 11.7. The van der Waals surface area contributed by atoms with Gasteiger partial charge in [0.1, 0.15) is 5.75 Å². The molecule has 1 N–H and O–H groups in total. The van der Waals surface area contributed by atoms with Crippen molar-refractivity contribution in [2.24, 2.45) is 0 Å². The number of hydrogen-bond acceptors (Lipinski definition) is 7. The average Bonchev–Trinajstić information content (AvgIpc) is 2.91. The van der Waals surface area contributed by atoms with E-state index in [-0.39, 0.29) is 11.5 Å². The van der Waals surface area contributed by atoms with Crippen LogP contribution in [0.3, 0.4) is 0 Å². The zero-order valence-electron chi connectivity index (χ0n) is 21.9. The van der Waals surface area contributed by atoms with E-state index in [1.54, 1.807) is 43.0 Å². The summed E-state index contributed by atoms with van der Waals surface area (Å²) >= 11 is 1.50. The number of methoxy groups -OCH3 is 3. The fourth-order valence-electron chi connectivity index (χ4n) is 4.61. The molecule has 1 amide bonds. The third-order valence-electron chi connectivity index (χ3n) is 6.35. The number of unbranched alkanes of at least 4 members (excludes halogenated alkanes) is 3. The number of H-pyrrole nitrogens is 1. The third kappa shape index (κ3) is 5.16. The van der Waals surface area contributed by atoms with Gasteiger partial charge < -0.3 is 14.2 Å². The Kier molecular flexibility index (Phi) is 8.38. The Morgan fingerprint density at radius 1 is 1.05 bits per heavy atom. The monoisotopic (exact) mass is 525 g/mol. The molecule has 0 spiro atoms. The van der Waals surface area contributed by atoms with Gasteiger partial charge in [-0.05, 0) is 29.3 Å². The van der Waals surface area contributed by atoms with Crippen LogP contribution in [-0.2, 0) is 4.79 Å². The highest BCUT2D eigenvalue weighted by Crippen LogP contribution is 2.43. The molecule has 37 heavy (non-hydrogen) atoms. The topological polar surface area (TPSA) is 97.6 Å². The zero-order valence-corrected chi connectivity index (χ0v) is 22.7. The van der Waals surface area contributed by atoms with E-state index in [9.17, 15) is 9.59 Å². The van der Waals surface area contributed by atoms with E-state index in [1.165, 1.54) is 25.1 Å². The van der Waals surface area contributed by atoms with Gasteiger partial charge >= 0.3 is 11.3 Å². The summed E-state index contributed by atoms with van der Waals surface area (Å²) in [6, 6.07) is 10.8. The molecule has 196 valence electrons. The molecule has 0 saturated heterocycles. The molecular formula is C27H33N4O5S+. The number of benzene rings is 2. The first kappa shape index (κ1) is 26.5. The van der Waals surface area contributed by atoms with Crippen molar-refractivity contribution >= 4 is 23.4 Å². The number of para-hydroxylation sites is 1. The predicted octanol–water partition coefficient (Wildman–Crippen LogP) is 4.34. The Morgan fingerprint density at radius 2 is 1.76 bits per heavy atom. The molecule has 0 radical (unpaired) electrons. The number of amides is 1. The molecule has 10 heteroatoms. The number of anilines is 1. The number of aromatic nitrogens is 3. The van der Waals surface area contributed by atoms with E-state index in [0.29, 0.717) is 44.9 Å². The summed E-state index contributed by atoms with van der Waals surface area (Å²) < 4.78 is 18.4. The normalized spacial score (nSPS) is 14.1. The Balaban J connectivity index is 1.94. The summed E-state index contributed by atoms with van der Waals surface area (Å²) in [5.74, 6) is 2.06. The van der Waals surface area contributed by atoms with Crippen LogP contribution < -0.4 is 29.4 Å². The molecule has 4 rings (SSSR count). The van der Waals surface area contributed by atoms with E-state index in [4.69, 9.17) is 19.3 Å². The van der Waals surface area contributed by atoms with Gasteiger partial charge in [0, 0.05) is 23.8 Å². The van der Waals surface area contributed by atoms with Crippen molar-refractivity contribution in [2.45, 2.75) is 50.9 Å². The van der Waals surface area contributed by atoms with Gasteiger partial charge in [0.15, 0.2) is 11.5 Å². The number of ether oxygens (including phenoxy) is 3. The minimum atomic E-state index is -0.793. The van der Waals surface area contributed by atoms with Crippen LogP contribution in [0, 0.1) is 0 Å². The number of carbonyl (C=O) groups excluding carboxylic acids is 1. The summed E-state index contributed by atoms with van der Waals surface area (Å²) in [6.07, 6.45) is 3.69. The number of carbonyl (C=O) groups is 1. The van der Waals surface area contributed by atoms with Gasteiger partial charge in [0.05, 0.1) is 38.1 Å². The number of aromatic amines is 1. The van der Waals surface area contributed by atoms with Crippen LogP contribution in [0.2, 0.25) is 0 Å². The fourth-order valence-corrected chi connectivity index (χ4v) is 5.46. The van der Waals surface area contributed by atoms with E-state index in [2.05, 4.69) is 11.9 Å². The summed E-state index contributed by atoms with van der Waals surface area (Å²) in [7, 11) is 4.64. The Labute approximate surface area is 220 Å². The Bertz CT molecular complexity index is 1340. The highest BCUT2D eigenvalue weighted by atomic mass is 32.2. The molecule has 0 aliphatic carbocycles. The minimum Gasteiger partial charge on any atom is -0.496 e. The first-order chi connectivity index (χ1) is 17.9. The van der Waals surface area contributed by atoms with E-state index < -0.39 is 6.17 Å². The summed E-state index contributed by atoms with van der Waals surface area (Å²) in [5.41, 5.74) is 1.94. The van der Waals surface area contributed by atoms with E-state index in [0.717, 1.165) is 25.0 Å². The van der Waals surface area contributed by atoms with Gasteiger partial charge in [-0.3, -0.25) is 14.6 Å². The van der Waals surface area contributed by atoms with Crippen molar-refractivity contribution < 1.29 is 23.7 Å². The summed E-state index contributed by atoms with van der Waals surface area (Å²) in [6.45, 7) is 3.67. The van der Waals surface area contributed by atoms with Gasteiger partial charge in [-0.2, -0.15) is 0 Å². The molecule has 1 atom stereocenters. The van der Waals surface area contributed by atoms with Crippen molar-refractivity contribution in [3.05, 3.63) is 52.3 Å². The maximum atomic E-state index is 13.5. The maximum absolute atomic E-state index is 13.5. The van der Waals surface area contributed by atoms with Gasteiger partial charge in [0.2, 0.25) is 11.1 Å². The van der Waals surface area contributed by atoms with Crippen LogP contribution >= 0.6 is 11.8 Å². The lowest BCUT2D eigenvalue weighted by molar-refractivity contribution is -0.763. The number of thioether (sulfide) groups is 1. The third-order valence-corrected chi connectivity index (χ3v) is 7.30. The molecule has 0 bridgehead atoms. The highest BCUT2D eigenvalue weighted by Gasteiger charge is 2.46. The number of fused-ring (bicyclic) bond motifs is 3. The smallest absolute Gasteiger partial charge is 0.325 e. The summed E-state index contributed by atoms with van der Waals surface area (Å²) in [5, 5.41) is 5.36. The second-order valence-corrected chi connectivity index (χ2v) is 9.77. The predicted molar refractivity (Wildman–Crippen MR) is 143 cm³/mol. The van der Waals surface area contributed by atoms with Crippen LogP contribution in [0.25, 0.3) is 11.3 Å². The van der Waals surface area contributed by atoms with Gasteiger partial charge in [-0.15, -0.1) is 0 Å². The molecule has 3 aromatic rings. The Hall–Kier alpha value is -3.53. The van der Waals surface area contributed by atoms with Crippen molar-refractivity contribution in [3.63, 3.8) is 0 Å². The molecule has 0 fully saturated rings. The van der Waals surface area contributed by atoms with Crippen LogP contribution in [0.15, 0.2) is 46.3 Å². The van der Waals surface area contributed by atoms with Gasteiger partial charge in [-0.1, -0.05) is 50.1 Å². The highest BCUT2D eigenvalue weighted by molar-refractivity contribution is 7.99. The van der Waals surface area contributed by atoms with Crippen LogP contribution in [0.4, 0.5) is 5.69 Å². The van der Waals surface area contributed by atoms with Gasteiger partial charge in [-0.25, -0.2) is 4.90 Å². The SMILES string of the molecule is CCCCCCSc1n[n+]2c(c(=O)[nH]1)-c1ccccc1N(C(C)=O)C2c1cc(OC)c(OC)cc1OC. The molecule has 1 aromatic heterocycles. The van der Waals surface area contributed by atoms with E-state index >= 15 is 0 Å². The number of nitrogens with zero attached hydrogens (tertiary/aromatic N) is 3. The number of nitrogens with one attached hydrogen (secondary N) is 1. The standard InChI is InChI=1S/C27H32N4O5S/c1-6-7-8-11-14-37-27-28-25(33)24-18-12-9-10-13-20(18)30(17(2)32)26(31(24)29-27)19-15-22(35-4)23(36-5)16-21(19)34-3/h9-10,12-13,15-16,26H,6-8,11,14H2,1-5H3/p+1. The quantitative estimate of drug-likeness (QED) is 0.239. The molecular weight excluding hydrogens is 492 g/mol. The lowest BCUT2D eigenvalue weighted by Crippen LogP contribution is -2.60. The molecule has 1 unspecified atom stereocenters. The lowest BCUT2D eigenvalue weighted by atomic mass is 10.0. The zero-order chi connectivity index (χ0) is 26.5. The van der Waals surface area contributed by atoms with Crippen LogP contribution in [0.5, 0.6) is 17.2 Å². The summed E-state index contributed by atoms with van der Waals surface area (Å²) in [4.78, 5) is 31.3. The second-order valence-electron chi connectivity index (χ2n) is 8.69. The van der Waals surface area contributed by atoms with Gasteiger partial charge in [0.25, 0.3) is 6.17 Å². The molecule has 1 aliphatic heterocycles. The maximum Gasteiger partial charge on any atom is 0.325 e. The largest absolute Gasteiger partial charge is 0.496 e. The van der Waals surface area contributed by atoms with Crippen molar-refractivity contribution in [1.82, 2.24) is 10.1 Å². The molecule has 0 saturated carbocycles. The van der Waals surface area contributed by atoms with Crippen LogP contribution in [-0.4, -0.2) is 43.1 Å². The fraction of sp³-hybridized carbons (Fsp3) is 0.407. The first-order valence-corrected chi connectivity index (χ1v) is 13.3. The lowest BCUT2D eigenvalue weighted by Gasteiger charge is -2.32. The van der Waals surface area contributed by atoms with E-state index in [1.807, 2.05) is 24.3 Å². The average molecular weight is 526 g/mol. The minimum absolute atomic E-state index is 0.205. The number of rotatable bonds is 10. The van der Waals surface area contributed by atoms with Crippen molar-refractivity contribution in [3.8, 4) is 28.5 Å². The molecule has 2 aromatic carbocycles. The van der Waals surface area contributed by atoms with Crippen molar-refractivity contribution in [2.75, 3.05) is 32.0 Å². The Morgan fingerprint density at radius 3 is 2.43 bits per heavy atom. The van der Waals surface area contributed by atoms with Crippen molar-refractivity contribution in [1.29, 1.82) is 0 Å². The molecule has 9 nitrogen and oxygen atoms in total.